The molecular weight excluding hydrogens is 335 g/mol. The highest BCUT2D eigenvalue weighted by Crippen LogP contribution is 2.27. The number of hydrogen-bond acceptors (Lipinski definition) is 4. The lowest BCUT2D eigenvalue weighted by Crippen LogP contribution is -2.21. The summed E-state index contributed by atoms with van der Waals surface area (Å²) in [5.41, 5.74) is 1.99. The van der Waals surface area contributed by atoms with Crippen molar-refractivity contribution in [2.24, 2.45) is 0 Å². The molecule has 1 aromatic carbocycles. The minimum atomic E-state index is -4.63. The number of rotatable bonds is 4. The maximum Gasteiger partial charge on any atom is 0.453 e. The first-order valence-electron chi connectivity index (χ1n) is 7.53. The van der Waals surface area contributed by atoms with Crippen LogP contribution in [0.3, 0.4) is 0 Å². The molecule has 0 bridgehead atoms. The molecule has 130 valence electrons. The molecule has 3 rings (SSSR count). The fraction of sp³-hybridized carbons (Fsp3) is 0.250. The highest BCUT2D eigenvalue weighted by atomic mass is 19.4. The topological polar surface area (TPSA) is 72.2 Å². The molecule has 2 heterocycles. The van der Waals surface area contributed by atoms with E-state index >= 15 is 0 Å². The Hall–Kier alpha value is -2.97. The molecule has 0 aliphatic carbocycles. The molecule has 0 saturated heterocycles. The fourth-order valence-corrected chi connectivity index (χ4v) is 2.25. The number of hydrogen-bond donors (Lipinski definition) is 1. The lowest BCUT2D eigenvalue weighted by Gasteiger charge is -2.07. The van der Waals surface area contributed by atoms with Gasteiger partial charge in [-0.25, -0.2) is 4.98 Å². The van der Waals surface area contributed by atoms with Crippen LogP contribution in [0.2, 0.25) is 0 Å². The maximum absolute atomic E-state index is 12.8. The maximum atomic E-state index is 12.8. The van der Waals surface area contributed by atoms with Gasteiger partial charge in [-0.05, 0) is 11.6 Å². The zero-order valence-electron chi connectivity index (χ0n) is 13.2. The van der Waals surface area contributed by atoms with E-state index in [-0.39, 0.29) is 11.7 Å². The van der Waals surface area contributed by atoms with Crippen LogP contribution in [0.4, 0.5) is 13.2 Å². The van der Waals surface area contributed by atoms with Crippen LogP contribution < -0.4 is 5.32 Å². The van der Waals surface area contributed by atoms with Gasteiger partial charge in [0.1, 0.15) is 0 Å². The van der Waals surface area contributed by atoms with Gasteiger partial charge >= 0.3 is 6.18 Å². The second kappa shape index (κ2) is 6.50. The van der Waals surface area contributed by atoms with Crippen LogP contribution in [-0.2, 0) is 17.5 Å². The first-order valence-corrected chi connectivity index (χ1v) is 7.53. The van der Waals surface area contributed by atoms with Crippen LogP contribution in [0.15, 0.2) is 36.5 Å². The highest BCUT2D eigenvalue weighted by Gasteiger charge is 2.36. The summed E-state index contributed by atoms with van der Waals surface area (Å²) in [5.74, 6) is -1.40. The van der Waals surface area contributed by atoms with Gasteiger partial charge in [-0.2, -0.15) is 22.7 Å². The number of fused-ring (bicyclic) bond motifs is 1. The van der Waals surface area contributed by atoms with Crippen LogP contribution in [0.25, 0.3) is 17.0 Å². The number of alkyl halides is 3. The molecule has 1 amide bonds. The SMILES string of the molecule is CCC(=O)NCc1ccc(-c2ccnc3nc(C(F)(F)F)nn23)cc1. The minimum absolute atomic E-state index is 0.0535. The van der Waals surface area contributed by atoms with E-state index in [1.54, 1.807) is 37.3 Å². The molecule has 1 N–H and O–H groups in total. The average molecular weight is 349 g/mol. The minimum Gasteiger partial charge on any atom is -0.352 e. The van der Waals surface area contributed by atoms with Gasteiger partial charge in [-0.1, -0.05) is 31.2 Å². The van der Waals surface area contributed by atoms with Crippen molar-refractivity contribution < 1.29 is 18.0 Å². The number of nitrogens with zero attached hydrogens (tertiary/aromatic N) is 4. The molecule has 9 heteroatoms. The predicted octanol–water partition coefficient (Wildman–Crippen LogP) is 2.84. The first-order chi connectivity index (χ1) is 11.9. The van der Waals surface area contributed by atoms with Crippen LogP contribution in [0.5, 0.6) is 0 Å². The Labute approximate surface area is 140 Å². The van der Waals surface area contributed by atoms with Gasteiger partial charge in [0.25, 0.3) is 11.6 Å². The third-order valence-corrected chi connectivity index (χ3v) is 3.55. The number of carbonyl (C=O) groups excluding carboxylic acids is 1. The Morgan fingerprint density at radius 3 is 2.56 bits per heavy atom. The van der Waals surface area contributed by atoms with Crippen LogP contribution in [0, 0.1) is 0 Å². The largest absolute Gasteiger partial charge is 0.453 e. The standard InChI is InChI=1S/C16H14F3N5O/c1-2-13(25)21-9-10-3-5-11(6-4-10)12-7-8-20-15-22-14(16(17,18)19)23-24(12)15/h3-8H,2,9H2,1H3,(H,21,25). The normalized spacial score (nSPS) is 11.7. The zero-order chi connectivity index (χ0) is 18.0. The first kappa shape index (κ1) is 16.9. The van der Waals surface area contributed by atoms with Crippen molar-refractivity contribution in [3.8, 4) is 11.3 Å². The van der Waals surface area contributed by atoms with Gasteiger partial charge in [0.2, 0.25) is 5.91 Å². The third kappa shape index (κ3) is 3.59. The van der Waals surface area contributed by atoms with E-state index in [9.17, 15) is 18.0 Å². The molecule has 0 saturated carbocycles. The summed E-state index contributed by atoms with van der Waals surface area (Å²) in [5, 5.41) is 6.27. The molecule has 0 aliphatic heterocycles. The highest BCUT2D eigenvalue weighted by molar-refractivity contribution is 5.75. The molecule has 3 aromatic rings. The number of aromatic nitrogens is 4. The van der Waals surface area contributed by atoms with E-state index in [2.05, 4.69) is 20.4 Å². The third-order valence-electron chi connectivity index (χ3n) is 3.55. The second-order valence-electron chi connectivity index (χ2n) is 5.30. The van der Waals surface area contributed by atoms with Crippen LogP contribution in [0.1, 0.15) is 24.7 Å². The van der Waals surface area contributed by atoms with E-state index in [0.29, 0.717) is 24.2 Å². The lowest BCUT2D eigenvalue weighted by molar-refractivity contribution is -0.144. The van der Waals surface area contributed by atoms with Gasteiger partial charge in [0.15, 0.2) is 0 Å². The predicted molar refractivity (Wildman–Crippen MR) is 83.4 cm³/mol. The van der Waals surface area contributed by atoms with Gasteiger partial charge in [-0.15, -0.1) is 5.10 Å². The number of amides is 1. The van der Waals surface area contributed by atoms with Crippen molar-refractivity contribution in [1.29, 1.82) is 0 Å². The average Bonchev–Trinajstić information content (AvgIpc) is 3.05. The molecule has 0 radical (unpaired) electrons. The molecular formula is C16H14F3N5O. The van der Waals surface area contributed by atoms with Gasteiger partial charge in [-0.3, -0.25) is 4.79 Å². The van der Waals surface area contributed by atoms with Gasteiger partial charge in [0.05, 0.1) is 5.69 Å². The Balaban J connectivity index is 1.91. The van der Waals surface area contributed by atoms with Gasteiger partial charge < -0.3 is 5.32 Å². The van der Waals surface area contributed by atoms with Crippen molar-refractivity contribution in [3.05, 3.63) is 47.9 Å². The summed E-state index contributed by atoms with van der Waals surface area (Å²) in [6.07, 6.45) is -2.85. The van der Waals surface area contributed by atoms with E-state index < -0.39 is 12.0 Å². The Morgan fingerprint density at radius 1 is 1.20 bits per heavy atom. The quantitative estimate of drug-likeness (QED) is 0.786. The van der Waals surface area contributed by atoms with Gasteiger partial charge in [0, 0.05) is 24.7 Å². The monoisotopic (exact) mass is 349 g/mol. The Bertz CT molecular complexity index is 902. The van der Waals surface area contributed by atoms with Crippen molar-refractivity contribution in [2.75, 3.05) is 0 Å². The van der Waals surface area contributed by atoms with E-state index in [4.69, 9.17) is 0 Å². The molecule has 0 atom stereocenters. The van der Waals surface area contributed by atoms with Crippen molar-refractivity contribution >= 4 is 11.7 Å². The molecule has 0 unspecified atom stereocenters. The number of benzene rings is 1. The van der Waals surface area contributed by atoms with Crippen LogP contribution in [-0.4, -0.2) is 25.5 Å². The van der Waals surface area contributed by atoms with E-state index in [1.807, 2.05) is 0 Å². The molecule has 6 nitrogen and oxygen atoms in total. The Kier molecular flexibility index (Phi) is 4.39. The molecule has 0 aliphatic rings. The molecule has 0 fully saturated rings. The summed E-state index contributed by atoms with van der Waals surface area (Å²) in [6, 6.07) is 8.64. The summed E-state index contributed by atoms with van der Waals surface area (Å²) < 4.78 is 39.4. The zero-order valence-corrected chi connectivity index (χ0v) is 13.2. The number of halogens is 3. The summed E-state index contributed by atoms with van der Waals surface area (Å²) in [7, 11) is 0. The van der Waals surface area contributed by atoms with E-state index in [0.717, 1.165) is 10.1 Å². The van der Waals surface area contributed by atoms with Crippen LogP contribution >= 0.6 is 0 Å². The summed E-state index contributed by atoms with van der Waals surface area (Å²) in [6.45, 7) is 2.15. The molecule has 0 spiro atoms. The lowest BCUT2D eigenvalue weighted by atomic mass is 10.1. The molecule has 2 aromatic heterocycles. The van der Waals surface area contributed by atoms with Crippen molar-refractivity contribution in [2.45, 2.75) is 26.1 Å². The number of nitrogens with one attached hydrogen (secondary N) is 1. The smallest absolute Gasteiger partial charge is 0.352 e. The second-order valence-corrected chi connectivity index (χ2v) is 5.30. The summed E-state index contributed by atoms with van der Waals surface area (Å²) in [4.78, 5) is 18.5. The summed E-state index contributed by atoms with van der Waals surface area (Å²) >= 11 is 0. The van der Waals surface area contributed by atoms with E-state index in [1.165, 1.54) is 6.20 Å². The van der Waals surface area contributed by atoms with Crippen molar-refractivity contribution in [3.63, 3.8) is 0 Å². The molecule has 25 heavy (non-hydrogen) atoms. The fourth-order valence-electron chi connectivity index (χ4n) is 2.25. The Morgan fingerprint density at radius 2 is 1.92 bits per heavy atom. The number of carbonyl (C=O) groups is 1. The van der Waals surface area contributed by atoms with Crippen molar-refractivity contribution in [1.82, 2.24) is 24.9 Å².